The molecule has 0 saturated carbocycles. The van der Waals surface area contributed by atoms with Crippen molar-refractivity contribution in [2.75, 3.05) is 6.61 Å². The van der Waals surface area contributed by atoms with Crippen molar-refractivity contribution >= 4 is 10.2 Å². The Hall–Kier alpha value is 1.18. The van der Waals surface area contributed by atoms with Crippen LogP contribution in [0.15, 0.2) is 0 Å². The number of hydrogen-bond donors (Lipinski definition) is 0. The molecule has 0 amide bonds. The van der Waals surface area contributed by atoms with Gasteiger partial charge in [0, 0.05) is 22.6 Å². The Morgan fingerprint density at radius 2 is 2.25 bits per heavy atom. The van der Waals surface area contributed by atoms with E-state index >= 15 is 0 Å². The zero-order valence-electron chi connectivity index (χ0n) is 6.81. The molecule has 1 aliphatic heterocycles. The van der Waals surface area contributed by atoms with Crippen LogP contribution in [-0.2, 0) is 4.74 Å². The van der Waals surface area contributed by atoms with Gasteiger partial charge in [-0.25, -0.2) is 0 Å². The maximum Gasteiger partial charge on any atom is 1.00 e. The van der Waals surface area contributed by atoms with Crippen LogP contribution < -0.4 is 29.6 Å². The van der Waals surface area contributed by atoms with E-state index in [4.69, 9.17) is 4.74 Å². The van der Waals surface area contributed by atoms with Gasteiger partial charge in [0.1, 0.15) is 0 Å². The third-order valence-electron chi connectivity index (χ3n) is 1.41. The van der Waals surface area contributed by atoms with Crippen LogP contribution >= 0.6 is 0 Å². The molecule has 1 nitrogen and oxygen atoms in total. The average molecular weight is 140 g/mol. The van der Waals surface area contributed by atoms with Crippen LogP contribution in [0.5, 0.6) is 0 Å². The summed E-state index contributed by atoms with van der Waals surface area (Å²) in [5.74, 6) is 0. The van der Waals surface area contributed by atoms with Gasteiger partial charge in [-0.1, -0.05) is 0 Å². The SMILES string of the molecule is [H-].[Na+].[SiH3]C1CCCCO1. The van der Waals surface area contributed by atoms with Crippen LogP contribution in [0, 0.1) is 0 Å². The van der Waals surface area contributed by atoms with Gasteiger partial charge in [-0.05, 0) is 19.3 Å². The van der Waals surface area contributed by atoms with Gasteiger partial charge in [0.15, 0.2) is 0 Å². The minimum absolute atomic E-state index is 0. The molecule has 0 bridgehead atoms. The molecule has 1 atom stereocenters. The van der Waals surface area contributed by atoms with Gasteiger partial charge >= 0.3 is 29.6 Å². The number of rotatable bonds is 0. The van der Waals surface area contributed by atoms with Crippen molar-refractivity contribution in [1.29, 1.82) is 0 Å². The van der Waals surface area contributed by atoms with Gasteiger partial charge in [-0.3, -0.25) is 0 Å². The average Bonchev–Trinajstić information content (AvgIpc) is 1.69. The van der Waals surface area contributed by atoms with E-state index in [1.54, 1.807) is 0 Å². The van der Waals surface area contributed by atoms with Crippen LogP contribution in [0.1, 0.15) is 20.7 Å². The summed E-state index contributed by atoms with van der Waals surface area (Å²) < 4.78 is 5.34. The standard InChI is InChI=1S/C5H12OSi.Na.H/c7-5-3-1-2-4-6-5;;/h5H,1-4H2,7H3;;/q;+1;-1. The second-order valence-electron chi connectivity index (χ2n) is 2.18. The summed E-state index contributed by atoms with van der Waals surface area (Å²) in [5.41, 5.74) is 0.675. The molecule has 1 saturated heterocycles. The molecule has 0 spiro atoms. The van der Waals surface area contributed by atoms with Crippen molar-refractivity contribution in [3.8, 4) is 0 Å². The monoisotopic (exact) mass is 140 g/mol. The van der Waals surface area contributed by atoms with Crippen molar-refractivity contribution in [2.24, 2.45) is 0 Å². The molecule has 0 aromatic carbocycles. The molecule has 1 fully saturated rings. The first-order chi connectivity index (χ1) is 3.39. The first-order valence-electron chi connectivity index (χ1n) is 3.01. The quantitative estimate of drug-likeness (QED) is 0.326. The molecular formula is C5H13NaOSi. The van der Waals surface area contributed by atoms with Crippen LogP contribution in [-0.4, -0.2) is 22.6 Å². The molecule has 8 heavy (non-hydrogen) atoms. The molecular weight excluding hydrogens is 127 g/mol. The largest absolute Gasteiger partial charge is 1.00 e. The van der Waals surface area contributed by atoms with Gasteiger partial charge in [0.05, 0.1) is 0 Å². The third-order valence-corrected chi connectivity index (χ3v) is 2.32. The number of hydrogen-bond acceptors (Lipinski definition) is 1. The predicted octanol–water partition coefficient (Wildman–Crippen LogP) is -3.01. The van der Waals surface area contributed by atoms with Crippen LogP contribution in [0.25, 0.3) is 0 Å². The summed E-state index contributed by atoms with van der Waals surface area (Å²) in [6.07, 6.45) is 4.01. The molecule has 0 aromatic rings. The maximum absolute atomic E-state index is 5.34. The molecule has 0 aliphatic carbocycles. The van der Waals surface area contributed by atoms with Crippen LogP contribution in [0.3, 0.4) is 0 Å². The minimum Gasteiger partial charge on any atom is -1.00 e. The van der Waals surface area contributed by atoms with Gasteiger partial charge in [-0.2, -0.15) is 0 Å². The fourth-order valence-electron chi connectivity index (χ4n) is 0.902. The van der Waals surface area contributed by atoms with Gasteiger partial charge in [0.2, 0.25) is 0 Å². The zero-order chi connectivity index (χ0) is 5.11. The zero-order valence-corrected chi connectivity index (χ0v) is 9.81. The molecule has 0 N–H and O–H groups in total. The summed E-state index contributed by atoms with van der Waals surface area (Å²) in [6, 6.07) is 0. The van der Waals surface area contributed by atoms with Gasteiger partial charge in [-0.15, -0.1) is 0 Å². The Morgan fingerprint density at radius 3 is 2.50 bits per heavy atom. The fourth-order valence-corrected chi connectivity index (χ4v) is 1.55. The van der Waals surface area contributed by atoms with E-state index in [1.165, 1.54) is 29.5 Å². The smallest absolute Gasteiger partial charge is 1.00 e. The molecule has 0 aromatic heterocycles. The maximum atomic E-state index is 5.34. The Bertz CT molecular complexity index is 58.9. The molecule has 0 radical (unpaired) electrons. The summed E-state index contributed by atoms with van der Waals surface area (Å²) in [4.78, 5) is 0. The Balaban J connectivity index is 0. The van der Waals surface area contributed by atoms with E-state index in [2.05, 4.69) is 0 Å². The molecule has 44 valence electrons. The van der Waals surface area contributed by atoms with Crippen LogP contribution in [0.2, 0.25) is 0 Å². The Kier molecular flexibility index (Phi) is 5.74. The van der Waals surface area contributed by atoms with Crippen molar-refractivity contribution in [3.63, 3.8) is 0 Å². The normalized spacial score (nSPS) is 29.2. The summed E-state index contributed by atoms with van der Waals surface area (Å²) in [6.45, 7) is 1.02. The molecule has 1 unspecified atom stereocenters. The summed E-state index contributed by atoms with van der Waals surface area (Å²) >= 11 is 0. The minimum atomic E-state index is 0. The van der Waals surface area contributed by atoms with Crippen molar-refractivity contribution in [1.82, 2.24) is 0 Å². The molecule has 1 rings (SSSR count). The molecule has 1 aliphatic rings. The Morgan fingerprint density at radius 1 is 1.50 bits per heavy atom. The van der Waals surface area contributed by atoms with E-state index in [0.29, 0.717) is 5.73 Å². The third kappa shape index (κ3) is 3.25. The summed E-state index contributed by atoms with van der Waals surface area (Å²) in [7, 11) is 1.23. The topological polar surface area (TPSA) is 9.23 Å². The van der Waals surface area contributed by atoms with Gasteiger partial charge in [0.25, 0.3) is 0 Å². The predicted molar refractivity (Wildman–Crippen MR) is 34.6 cm³/mol. The van der Waals surface area contributed by atoms with E-state index in [-0.39, 0.29) is 31.0 Å². The first-order valence-corrected chi connectivity index (χ1v) is 4.16. The molecule has 3 heteroatoms. The van der Waals surface area contributed by atoms with E-state index in [0.717, 1.165) is 6.61 Å². The van der Waals surface area contributed by atoms with Crippen molar-refractivity contribution in [3.05, 3.63) is 0 Å². The van der Waals surface area contributed by atoms with E-state index in [1.807, 2.05) is 0 Å². The van der Waals surface area contributed by atoms with E-state index in [9.17, 15) is 0 Å². The second kappa shape index (κ2) is 5.00. The summed E-state index contributed by atoms with van der Waals surface area (Å²) in [5, 5.41) is 0. The van der Waals surface area contributed by atoms with Gasteiger partial charge < -0.3 is 6.16 Å². The van der Waals surface area contributed by atoms with Crippen molar-refractivity contribution in [2.45, 2.75) is 25.0 Å². The van der Waals surface area contributed by atoms with E-state index < -0.39 is 0 Å². The Labute approximate surface area is 77.4 Å². The second-order valence-corrected chi connectivity index (χ2v) is 3.47. The first kappa shape index (κ1) is 9.18. The van der Waals surface area contributed by atoms with Crippen molar-refractivity contribution < 1.29 is 35.7 Å². The molecule has 1 heterocycles. The van der Waals surface area contributed by atoms with Crippen LogP contribution in [0.4, 0.5) is 0 Å². The fraction of sp³-hybridized carbons (Fsp3) is 1.00. The number of ether oxygens (including phenoxy) is 1.